The molecule has 0 fully saturated rings. The van der Waals surface area contributed by atoms with Gasteiger partial charge in [0.2, 0.25) is 5.78 Å². The van der Waals surface area contributed by atoms with E-state index in [4.69, 9.17) is 0 Å². The van der Waals surface area contributed by atoms with Crippen LogP contribution in [0.25, 0.3) is 11.7 Å². The summed E-state index contributed by atoms with van der Waals surface area (Å²) in [6.07, 6.45) is 4.85. The minimum atomic E-state index is -0.462. The van der Waals surface area contributed by atoms with Crippen molar-refractivity contribution in [3.05, 3.63) is 81.3 Å². The third-order valence-electron chi connectivity index (χ3n) is 3.68. The number of fused-ring (bicyclic) bond motifs is 1. The molecule has 120 valence electrons. The van der Waals surface area contributed by atoms with Gasteiger partial charge in [0.15, 0.2) is 0 Å². The molecule has 2 heterocycles. The zero-order chi connectivity index (χ0) is 17.3. The number of benzene rings is 1. The van der Waals surface area contributed by atoms with Crippen molar-refractivity contribution in [2.45, 2.75) is 13.8 Å². The van der Waals surface area contributed by atoms with Crippen LogP contribution in [0.5, 0.6) is 0 Å². The van der Waals surface area contributed by atoms with E-state index in [1.165, 1.54) is 18.2 Å². The van der Waals surface area contributed by atoms with Gasteiger partial charge in [0.05, 0.1) is 10.6 Å². The van der Waals surface area contributed by atoms with E-state index >= 15 is 0 Å². The van der Waals surface area contributed by atoms with Crippen LogP contribution in [0.2, 0.25) is 0 Å². The van der Waals surface area contributed by atoms with Gasteiger partial charge in [-0.05, 0) is 37.1 Å². The quantitative estimate of drug-likeness (QED) is 0.317. The lowest BCUT2D eigenvalue weighted by Crippen LogP contribution is -2.02. The Labute approximate surface area is 138 Å². The Balaban J connectivity index is 1.95. The largest absolute Gasteiger partial charge is 0.296 e. The van der Waals surface area contributed by atoms with E-state index in [2.05, 4.69) is 4.98 Å². The van der Waals surface area contributed by atoms with Crippen LogP contribution in [-0.2, 0) is 0 Å². The number of carbonyl (C=O) groups is 1. The zero-order valence-electron chi connectivity index (χ0n) is 13.3. The number of nitro groups is 1. The molecule has 6 nitrogen and oxygen atoms in total. The molecule has 3 rings (SSSR count). The van der Waals surface area contributed by atoms with Gasteiger partial charge in [0.1, 0.15) is 11.3 Å². The predicted octanol–water partition coefficient (Wildman–Crippen LogP) is 3.76. The summed E-state index contributed by atoms with van der Waals surface area (Å²) >= 11 is 0. The standard InChI is InChI=1S/C18H15N3O3/c1-12-6-9-17-19-13(2)18(20(17)11-12)16(22)8-7-14-4-3-5-15(10-14)21(23)24/h3-11H,1-2H3/b8-7+. The average molecular weight is 321 g/mol. The highest BCUT2D eigenvalue weighted by Crippen LogP contribution is 2.17. The second-order valence-corrected chi connectivity index (χ2v) is 5.53. The second-order valence-electron chi connectivity index (χ2n) is 5.53. The highest BCUT2D eigenvalue weighted by molar-refractivity contribution is 6.07. The third-order valence-corrected chi connectivity index (χ3v) is 3.68. The zero-order valence-corrected chi connectivity index (χ0v) is 13.3. The summed E-state index contributed by atoms with van der Waals surface area (Å²) < 4.78 is 1.77. The van der Waals surface area contributed by atoms with E-state index < -0.39 is 4.92 Å². The molecule has 0 radical (unpaired) electrons. The van der Waals surface area contributed by atoms with Gasteiger partial charge in [-0.3, -0.25) is 19.3 Å². The number of non-ortho nitro benzene ring substituents is 1. The van der Waals surface area contributed by atoms with E-state index in [1.807, 2.05) is 25.3 Å². The summed E-state index contributed by atoms with van der Waals surface area (Å²) in [6.45, 7) is 3.73. The van der Waals surface area contributed by atoms with Crippen molar-refractivity contribution < 1.29 is 9.72 Å². The molecule has 0 saturated carbocycles. The molecule has 0 saturated heterocycles. The number of aromatic nitrogens is 2. The number of pyridine rings is 1. The normalized spacial score (nSPS) is 11.2. The molecule has 0 aliphatic heterocycles. The Morgan fingerprint density at radius 1 is 1.25 bits per heavy atom. The molecule has 24 heavy (non-hydrogen) atoms. The van der Waals surface area contributed by atoms with E-state index in [-0.39, 0.29) is 11.5 Å². The molecule has 0 N–H and O–H groups in total. The molecule has 2 aromatic heterocycles. The number of hydrogen-bond acceptors (Lipinski definition) is 4. The third kappa shape index (κ3) is 2.94. The molecule has 0 aliphatic rings. The first-order valence-corrected chi connectivity index (χ1v) is 7.38. The number of carbonyl (C=O) groups excluding carboxylic acids is 1. The number of rotatable bonds is 4. The number of nitrogens with zero attached hydrogens (tertiary/aromatic N) is 3. The number of aryl methyl sites for hydroxylation is 2. The summed E-state index contributed by atoms with van der Waals surface area (Å²) in [6, 6.07) is 9.94. The van der Waals surface area contributed by atoms with Crippen LogP contribution in [0.4, 0.5) is 5.69 Å². The van der Waals surface area contributed by atoms with Crippen LogP contribution >= 0.6 is 0 Å². The van der Waals surface area contributed by atoms with Crippen LogP contribution < -0.4 is 0 Å². The predicted molar refractivity (Wildman–Crippen MR) is 91.1 cm³/mol. The molecule has 0 unspecified atom stereocenters. The monoisotopic (exact) mass is 321 g/mol. The van der Waals surface area contributed by atoms with Crippen LogP contribution in [0, 0.1) is 24.0 Å². The maximum absolute atomic E-state index is 12.6. The average Bonchev–Trinajstić information content (AvgIpc) is 2.88. The number of nitro benzene ring substituents is 1. The lowest BCUT2D eigenvalue weighted by atomic mass is 10.1. The van der Waals surface area contributed by atoms with Crippen molar-refractivity contribution in [2.75, 3.05) is 0 Å². The van der Waals surface area contributed by atoms with Crippen LogP contribution in [0.15, 0.2) is 48.7 Å². The van der Waals surface area contributed by atoms with Gasteiger partial charge in [-0.15, -0.1) is 0 Å². The van der Waals surface area contributed by atoms with E-state index in [9.17, 15) is 14.9 Å². The summed E-state index contributed by atoms with van der Waals surface area (Å²) in [4.78, 5) is 27.3. The summed E-state index contributed by atoms with van der Waals surface area (Å²) in [5.74, 6) is -0.197. The Kier molecular flexibility index (Phi) is 3.95. The lowest BCUT2D eigenvalue weighted by molar-refractivity contribution is -0.384. The Hall–Kier alpha value is -3.28. The summed E-state index contributed by atoms with van der Waals surface area (Å²) in [5, 5.41) is 10.8. The smallest absolute Gasteiger partial charge is 0.270 e. The summed E-state index contributed by atoms with van der Waals surface area (Å²) in [5.41, 5.74) is 3.47. The van der Waals surface area contributed by atoms with Crippen molar-refractivity contribution in [2.24, 2.45) is 0 Å². The van der Waals surface area contributed by atoms with Crippen LogP contribution in [-0.4, -0.2) is 20.1 Å². The molecule has 6 heteroatoms. The van der Waals surface area contributed by atoms with Crippen LogP contribution in [0.1, 0.15) is 27.3 Å². The van der Waals surface area contributed by atoms with Gasteiger partial charge in [-0.25, -0.2) is 4.98 Å². The van der Waals surface area contributed by atoms with Crippen molar-refractivity contribution in [3.8, 4) is 0 Å². The molecule has 0 aliphatic carbocycles. The van der Waals surface area contributed by atoms with Gasteiger partial charge in [0.25, 0.3) is 5.69 Å². The fourth-order valence-corrected chi connectivity index (χ4v) is 2.56. The second kappa shape index (κ2) is 6.08. The van der Waals surface area contributed by atoms with Gasteiger partial charge in [-0.1, -0.05) is 24.3 Å². The van der Waals surface area contributed by atoms with Gasteiger partial charge >= 0.3 is 0 Å². The highest BCUT2D eigenvalue weighted by atomic mass is 16.6. The van der Waals surface area contributed by atoms with Gasteiger partial charge < -0.3 is 0 Å². The number of allylic oxidation sites excluding steroid dienone is 1. The lowest BCUT2D eigenvalue weighted by Gasteiger charge is -2.00. The van der Waals surface area contributed by atoms with E-state index in [1.54, 1.807) is 29.5 Å². The molecular formula is C18H15N3O3. The fourth-order valence-electron chi connectivity index (χ4n) is 2.56. The molecule has 0 atom stereocenters. The van der Waals surface area contributed by atoms with E-state index in [0.717, 1.165) is 5.56 Å². The number of hydrogen-bond donors (Lipinski definition) is 0. The summed E-state index contributed by atoms with van der Waals surface area (Å²) in [7, 11) is 0. The maximum atomic E-state index is 12.6. The first-order chi connectivity index (χ1) is 11.5. The first-order valence-electron chi connectivity index (χ1n) is 7.38. The fraction of sp³-hybridized carbons (Fsp3) is 0.111. The number of imidazole rings is 1. The molecule has 0 amide bonds. The topological polar surface area (TPSA) is 77.5 Å². The maximum Gasteiger partial charge on any atom is 0.270 e. The SMILES string of the molecule is Cc1ccc2nc(C)c(C(=O)/C=C/c3cccc([N+](=O)[O-])c3)n2c1. The molecule has 1 aromatic carbocycles. The van der Waals surface area contributed by atoms with Crippen molar-refractivity contribution in [3.63, 3.8) is 0 Å². The molecule has 0 spiro atoms. The van der Waals surface area contributed by atoms with Gasteiger partial charge in [0, 0.05) is 18.3 Å². The van der Waals surface area contributed by atoms with Crippen molar-refractivity contribution in [1.82, 2.24) is 9.38 Å². The Morgan fingerprint density at radius 2 is 2.04 bits per heavy atom. The minimum absolute atomic E-state index is 0.00814. The number of ketones is 1. The van der Waals surface area contributed by atoms with Crippen LogP contribution in [0.3, 0.4) is 0 Å². The Bertz CT molecular complexity index is 986. The van der Waals surface area contributed by atoms with Gasteiger partial charge in [-0.2, -0.15) is 0 Å². The van der Waals surface area contributed by atoms with E-state index in [0.29, 0.717) is 22.6 Å². The minimum Gasteiger partial charge on any atom is -0.296 e. The van der Waals surface area contributed by atoms with Crippen molar-refractivity contribution >= 4 is 23.2 Å². The first kappa shape index (κ1) is 15.6. The highest BCUT2D eigenvalue weighted by Gasteiger charge is 2.14. The molecule has 0 bridgehead atoms. The Morgan fingerprint density at radius 3 is 2.79 bits per heavy atom. The molecule has 3 aromatic rings. The van der Waals surface area contributed by atoms with Crippen molar-refractivity contribution in [1.29, 1.82) is 0 Å². The molecular weight excluding hydrogens is 306 g/mol.